The van der Waals surface area contributed by atoms with Crippen LogP contribution >= 0.6 is 0 Å². The number of nitrogens with zero attached hydrogens (tertiary/aromatic N) is 2. The number of carbonyl (C=O) groups is 1. The van der Waals surface area contributed by atoms with Gasteiger partial charge in [-0.3, -0.25) is 9.78 Å². The summed E-state index contributed by atoms with van der Waals surface area (Å²) < 4.78 is 18.9. The second-order valence-corrected chi connectivity index (χ2v) is 5.32. The normalized spacial score (nSPS) is 18.2. The monoisotopic (exact) mass is 300 g/mol. The zero-order valence-electron chi connectivity index (χ0n) is 12.1. The number of amides is 1. The molecule has 0 bridgehead atoms. The van der Waals surface area contributed by atoms with Crippen molar-refractivity contribution in [1.82, 2.24) is 9.88 Å². The van der Waals surface area contributed by atoms with Gasteiger partial charge in [-0.25, -0.2) is 4.39 Å². The van der Waals surface area contributed by atoms with E-state index < -0.39 is 0 Å². The van der Waals surface area contributed by atoms with E-state index in [1.54, 1.807) is 35.5 Å². The average Bonchev–Trinajstić information content (AvgIpc) is 2.55. The third-order valence-electron chi connectivity index (χ3n) is 3.69. The minimum atomic E-state index is -0.253. The summed E-state index contributed by atoms with van der Waals surface area (Å²) in [5.74, 6) is -0.294. The first-order valence-electron chi connectivity index (χ1n) is 7.28. The number of rotatable bonds is 3. The summed E-state index contributed by atoms with van der Waals surface area (Å²) in [4.78, 5) is 18.2. The lowest BCUT2D eigenvalue weighted by molar-refractivity contribution is -0.0208. The zero-order chi connectivity index (χ0) is 15.4. The second-order valence-electron chi connectivity index (χ2n) is 5.32. The number of hydrogen-bond donors (Lipinski definition) is 0. The Hall–Kier alpha value is -2.27. The van der Waals surface area contributed by atoms with Gasteiger partial charge in [-0.15, -0.1) is 0 Å². The maximum atomic E-state index is 13.2. The highest BCUT2D eigenvalue weighted by molar-refractivity contribution is 5.93. The quantitative estimate of drug-likeness (QED) is 0.873. The van der Waals surface area contributed by atoms with Gasteiger partial charge in [0.25, 0.3) is 5.91 Å². The molecule has 1 aliphatic heterocycles. The Balaban J connectivity index is 1.65. The SMILES string of the molecule is O=C(c1cccnc1)N1CCO[C@@H](Cc2cccc(F)c2)C1. The molecule has 0 spiro atoms. The van der Waals surface area contributed by atoms with E-state index in [-0.39, 0.29) is 17.8 Å². The van der Waals surface area contributed by atoms with Crippen LogP contribution in [0.3, 0.4) is 0 Å². The molecule has 0 saturated carbocycles. The van der Waals surface area contributed by atoms with Gasteiger partial charge in [0.05, 0.1) is 18.3 Å². The molecule has 114 valence electrons. The number of benzene rings is 1. The largest absolute Gasteiger partial charge is 0.374 e. The Kier molecular flexibility index (Phi) is 4.44. The molecule has 3 rings (SSSR count). The van der Waals surface area contributed by atoms with Gasteiger partial charge in [-0.05, 0) is 29.8 Å². The molecule has 0 aliphatic carbocycles. The zero-order valence-corrected chi connectivity index (χ0v) is 12.1. The van der Waals surface area contributed by atoms with E-state index >= 15 is 0 Å². The molecule has 4 nitrogen and oxygen atoms in total. The van der Waals surface area contributed by atoms with E-state index in [9.17, 15) is 9.18 Å². The molecule has 5 heteroatoms. The average molecular weight is 300 g/mol. The van der Waals surface area contributed by atoms with Gasteiger partial charge in [-0.2, -0.15) is 0 Å². The molecule has 0 unspecified atom stereocenters. The molecular weight excluding hydrogens is 283 g/mol. The van der Waals surface area contributed by atoms with Gasteiger partial charge in [0, 0.05) is 31.9 Å². The van der Waals surface area contributed by atoms with E-state index in [4.69, 9.17) is 4.74 Å². The molecule has 1 amide bonds. The van der Waals surface area contributed by atoms with E-state index in [0.717, 1.165) is 5.56 Å². The van der Waals surface area contributed by atoms with Crippen molar-refractivity contribution >= 4 is 5.91 Å². The van der Waals surface area contributed by atoms with Crippen molar-refractivity contribution in [3.63, 3.8) is 0 Å². The van der Waals surface area contributed by atoms with Crippen molar-refractivity contribution in [2.75, 3.05) is 19.7 Å². The van der Waals surface area contributed by atoms with Gasteiger partial charge in [0.2, 0.25) is 0 Å². The molecule has 1 atom stereocenters. The number of halogens is 1. The summed E-state index contributed by atoms with van der Waals surface area (Å²) in [6.07, 6.45) is 3.69. The number of carbonyl (C=O) groups excluding carboxylic acids is 1. The summed E-state index contributed by atoms with van der Waals surface area (Å²) in [5, 5.41) is 0. The summed E-state index contributed by atoms with van der Waals surface area (Å²) in [6.45, 7) is 1.56. The molecule has 0 radical (unpaired) electrons. The van der Waals surface area contributed by atoms with Crippen LogP contribution in [0.5, 0.6) is 0 Å². The van der Waals surface area contributed by atoms with Crippen LogP contribution in [0.1, 0.15) is 15.9 Å². The summed E-state index contributed by atoms with van der Waals surface area (Å²) >= 11 is 0. The standard InChI is InChI=1S/C17H17FN2O2/c18-15-5-1-3-13(9-15)10-16-12-20(7-8-22-16)17(21)14-4-2-6-19-11-14/h1-6,9,11,16H,7-8,10,12H2/t16-/m0/s1. The van der Waals surface area contributed by atoms with Crippen LogP contribution in [0, 0.1) is 5.82 Å². The van der Waals surface area contributed by atoms with Crippen LogP contribution in [0.25, 0.3) is 0 Å². The summed E-state index contributed by atoms with van der Waals surface area (Å²) in [5.41, 5.74) is 1.45. The Morgan fingerprint density at radius 3 is 3.05 bits per heavy atom. The predicted octanol–water partition coefficient (Wildman–Crippen LogP) is 2.30. The Labute approximate surface area is 128 Å². The van der Waals surface area contributed by atoms with Crippen molar-refractivity contribution in [1.29, 1.82) is 0 Å². The maximum absolute atomic E-state index is 13.2. The lowest BCUT2D eigenvalue weighted by atomic mass is 10.1. The topological polar surface area (TPSA) is 42.4 Å². The van der Waals surface area contributed by atoms with Gasteiger partial charge in [0.15, 0.2) is 0 Å². The molecular formula is C17H17FN2O2. The third kappa shape index (κ3) is 3.49. The lowest BCUT2D eigenvalue weighted by Crippen LogP contribution is -2.46. The molecule has 22 heavy (non-hydrogen) atoms. The van der Waals surface area contributed by atoms with Crippen LogP contribution < -0.4 is 0 Å². The van der Waals surface area contributed by atoms with Crippen molar-refractivity contribution in [2.45, 2.75) is 12.5 Å². The highest BCUT2D eigenvalue weighted by atomic mass is 19.1. The van der Waals surface area contributed by atoms with E-state index in [1.165, 1.54) is 12.1 Å². The highest BCUT2D eigenvalue weighted by Gasteiger charge is 2.25. The van der Waals surface area contributed by atoms with Crippen molar-refractivity contribution in [2.24, 2.45) is 0 Å². The predicted molar refractivity (Wildman–Crippen MR) is 80.0 cm³/mol. The third-order valence-corrected chi connectivity index (χ3v) is 3.69. The highest BCUT2D eigenvalue weighted by Crippen LogP contribution is 2.15. The summed E-state index contributed by atoms with van der Waals surface area (Å²) in [6, 6.07) is 9.99. The van der Waals surface area contributed by atoms with Crippen LogP contribution in [-0.2, 0) is 11.2 Å². The Morgan fingerprint density at radius 1 is 1.36 bits per heavy atom. The van der Waals surface area contributed by atoms with Crippen LogP contribution in [0.4, 0.5) is 4.39 Å². The molecule has 2 heterocycles. The number of aromatic nitrogens is 1. The fourth-order valence-corrected chi connectivity index (χ4v) is 2.63. The van der Waals surface area contributed by atoms with Gasteiger partial charge < -0.3 is 9.64 Å². The van der Waals surface area contributed by atoms with Crippen molar-refractivity contribution < 1.29 is 13.9 Å². The Bertz CT molecular complexity index is 648. The lowest BCUT2D eigenvalue weighted by Gasteiger charge is -2.33. The van der Waals surface area contributed by atoms with Gasteiger partial charge >= 0.3 is 0 Å². The first-order chi connectivity index (χ1) is 10.7. The summed E-state index contributed by atoms with van der Waals surface area (Å²) in [7, 11) is 0. The number of hydrogen-bond acceptors (Lipinski definition) is 3. The maximum Gasteiger partial charge on any atom is 0.255 e. The van der Waals surface area contributed by atoms with E-state index in [0.29, 0.717) is 31.7 Å². The molecule has 1 fully saturated rings. The fraction of sp³-hybridized carbons (Fsp3) is 0.294. The second kappa shape index (κ2) is 6.66. The number of pyridine rings is 1. The minimum absolute atomic E-state index is 0.0411. The molecule has 1 aliphatic rings. The van der Waals surface area contributed by atoms with Gasteiger partial charge in [-0.1, -0.05) is 12.1 Å². The van der Waals surface area contributed by atoms with Crippen molar-refractivity contribution in [3.8, 4) is 0 Å². The first kappa shape index (κ1) is 14.7. The first-order valence-corrected chi connectivity index (χ1v) is 7.28. The van der Waals surface area contributed by atoms with Crippen molar-refractivity contribution in [3.05, 3.63) is 65.7 Å². The smallest absolute Gasteiger partial charge is 0.255 e. The van der Waals surface area contributed by atoms with Crippen LogP contribution in [0.15, 0.2) is 48.8 Å². The molecule has 1 saturated heterocycles. The van der Waals surface area contributed by atoms with Crippen LogP contribution in [0.2, 0.25) is 0 Å². The van der Waals surface area contributed by atoms with E-state index in [1.807, 2.05) is 6.07 Å². The number of morpholine rings is 1. The van der Waals surface area contributed by atoms with Gasteiger partial charge in [0.1, 0.15) is 5.82 Å². The number of ether oxygens (including phenoxy) is 1. The molecule has 2 aromatic rings. The van der Waals surface area contributed by atoms with Crippen LogP contribution in [-0.4, -0.2) is 41.6 Å². The molecule has 1 aromatic heterocycles. The molecule has 0 N–H and O–H groups in total. The fourth-order valence-electron chi connectivity index (χ4n) is 2.63. The Morgan fingerprint density at radius 2 is 2.27 bits per heavy atom. The van der Waals surface area contributed by atoms with E-state index in [2.05, 4.69) is 4.98 Å². The molecule has 1 aromatic carbocycles. The minimum Gasteiger partial charge on any atom is -0.374 e.